The Labute approximate surface area is 173 Å². The Morgan fingerprint density at radius 3 is 2.57 bits per heavy atom. The van der Waals surface area contributed by atoms with Crippen LogP contribution in [0, 0.1) is 0 Å². The third-order valence-corrected chi connectivity index (χ3v) is 5.70. The van der Waals surface area contributed by atoms with E-state index in [1.54, 1.807) is 16.7 Å². The Balaban J connectivity index is 1.90. The zero-order valence-corrected chi connectivity index (χ0v) is 17.8. The Morgan fingerprint density at radius 1 is 1.25 bits per heavy atom. The summed E-state index contributed by atoms with van der Waals surface area (Å²) in [5.41, 5.74) is -0.870. The number of pyridine rings is 1. The van der Waals surface area contributed by atoms with Gasteiger partial charge in [-0.2, -0.15) is 24.9 Å². The van der Waals surface area contributed by atoms with E-state index in [1.807, 2.05) is 4.90 Å². The van der Waals surface area contributed by atoms with Gasteiger partial charge in [0.15, 0.2) is 0 Å². The van der Waals surface area contributed by atoms with Gasteiger partial charge in [0.1, 0.15) is 5.82 Å². The molecule has 10 heteroatoms. The molecule has 2 amide bonds. The van der Waals surface area contributed by atoms with Gasteiger partial charge < -0.3 is 15.1 Å². The fourth-order valence-corrected chi connectivity index (χ4v) is 3.88. The van der Waals surface area contributed by atoms with Crippen LogP contribution in [0.3, 0.4) is 0 Å². The lowest BCUT2D eigenvalue weighted by Crippen LogP contribution is -2.43. The molecule has 0 atom stereocenters. The van der Waals surface area contributed by atoms with Gasteiger partial charge in [-0.15, -0.1) is 0 Å². The number of nitrogens with zero attached hydrogens (tertiary/aromatic N) is 3. The fourth-order valence-electron chi connectivity index (χ4n) is 2.78. The van der Waals surface area contributed by atoms with Crippen molar-refractivity contribution < 1.29 is 18.0 Å². The minimum atomic E-state index is -4.48. The Hall–Kier alpha value is -1.35. The molecule has 0 aromatic carbocycles. The zero-order chi connectivity index (χ0) is 20.9. The second-order valence-corrected chi connectivity index (χ2v) is 9.88. The topological polar surface area (TPSA) is 48.5 Å². The van der Waals surface area contributed by atoms with Crippen molar-refractivity contribution >= 4 is 35.2 Å². The molecule has 0 aliphatic carbocycles. The molecule has 1 N–H and O–H groups in total. The first kappa shape index (κ1) is 22.9. The molecule has 158 valence electrons. The van der Waals surface area contributed by atoms with Crippen molar-refractivity contribution in [3.8, 4) is 0 Å². The van der Waals surface area contributed by atoms with E-state index in [0.717, 1.165) is 18.0 Å². The summed E-state index contributed by atoms with van der Waals surface area (Å²) in [7, 11) is 0. The van der Waals surface area contributed by atoms with Gasteiger partial charge in [-0.1, -0.05) is 32.4 Å². The third-order valence-electron chi connectivity index (χ3n) is 4.15. The summed E-state index contributed by atoms with van der Waals surface area (Å²) in [6.45, 7) is 9.04. The van der Waals surface area contributed by atoms with Crippen LogP contribution in [0.15, 0.2) is 12.3 Å². The molecule has 1 fully saturated rings. The van der Waals surface area contributed by atoms with E-state index < -0.39 is 11.7 Å². The Morgan fingerprint density at radius 2 is 1.96 bits per heavy atom. The molecule has 0 spiro atoms. The quantitative estimate of drug-likeness (QED) is 0.703. The number of anilines is 1. The lowest BCUT2D eigenvalue weighted by molar-refractivity contribution is -0.137. The van der Waals surface area contributed by atoms with E-state index in [9.17, 15) is 18.0 Å². The van der Waals surface area contributed by atoms with Crippen LogP contribution in [0.25, 0.3) is 0 Å². The van der Waals surface area contributed by atoms with Gasteiger partial charge >= 0.3 is 12.2 Å². The first-order valence-electron chi connectivity index (χ1n) is 9.12. The average Bonchev–Trinajstić information content (AvgIpc) is 2.83. The van der Waals surface area contributed by atoms with Crippen LogP contribution in [0.5, 0.6) is 0 Å². The number of carbonyl (C=O) groups excluding carboxylic acids is 1. The number of hydrogen-bond donors (Lipinski definition) is 1. The molecule has 0 radical (unpaired) electrons. The van der Waals surface area contributed by atoms with Gasteiger partial charge in [0.25, 0.3) is 0 Å². The van der Waals surface area contributed by atoms with E-state index in [4.69, 9.17) is 11.6 Å². The minimum absolute atomic E-state index is 0.0352. The summed E-state index contributed by atoms with van der Waals surface area (Å²) in [4.78, 5) is 19.8. The molecule has 1 aliphatic rings. The van der Waals surface area contributed by atoms with Gasteiger partial charge in [0, 0.05) is 49.4 Å². The first-order chi connectivity index (χ1) is 13.0. The SMILES string of the molecule is CC(C)(C)SCCNC(=O)N1CCCN(c2ncc(C(F)(F)F)cc2Cl)CC1. The number of aromatic nitrogens is 1. The summed E-state index contributed by atoms with van der Waals surface area (Å²) in [5, 5.41) is 2.89. The molecular weight excluding hydrogens is 413 g/mol. The van der Waals surface area contributed by atoms with Crippen LogP contribution < -0.4 is 10.2 Å². The number of rotatable bonds is 4. The smallest absolute Gasteiger partial charge is 0.354 e. The number of nitrogens with one attached hydrogen (secondary N) is 1. The van der Waals surface area contributed by atoms with Crippen LogP contribution >= 0.6 is 23.4 Å². The molecule has 1 aromatic heterocycles. The van der Waals surface area contributed by atoms with Crippen molar-refractivity contribution in [2.45, 2.75) is 38.1 Å². The van der Waals surface area contributed by atoms with Crippen molar-refractivity contribution in [2.75, 3.05) is 43.4 Å². The molecular formula is C18H26ClF3N4OS. The number of halogens is 4. The van der Waals surface area contributed by atoms with Crippen molar-refractivity contribution in [3.63, 3.8) is 0 Å². The summed E-state index contributed by atoms with van der Waals surface area (Å²) >= 11 is 7.83. The van der Waals surface area contributed by atoms with Crippen LogP contribution in [0.4, 0.5) is 23.8 Å². The molecule has 1 saturated heterocycles. The lowest BCUT2D eigenvalue weighted by atomic mass is 10.2. The van der Waals surface area contributed by atoms with Crippen molar-refractivity contribution in [1.82, 2.24) is 15.2 Å². The van der Waals surface area contributed by atoms with Crippen molar-refractivity contribution in [1.29, 1.82) is 0 Å². The third kappa shape index (κ3) is 6.92. The fraction of sp³-hybridized carbons (Fsp3) is 0.667. The molecule has 0 bridgehead atoms. The van der Waals surface area contributed by atoms with Gasteiger partial charge in [-0.05, 0) is 12.5 Å². The number of amides is 2. The van der Waals surface area contributed by atoms with E-state index in [0.29, 0.717) is 45.0 Å². The minimum Gasteiger partial charge on any atom is -0.354 e. The number of alkyl halides is 3. The summed E-state index contributed by atoms with van der Waals surface area (Å²) < 4.78 is 38.5. The Kier molecular flexibility index (Phi) is 7.73. The molecule has 1 aliphatic heterocycles. The van der Waals surface area contributed by atoms with Gasteiger partial charge in [-0.25, -0.2) is 9.78 Å². The molecule has 1 aromatic rings. The maximum Gasteiger partial charge on any atom is 0.417 e. The molecule has 5 nitrogen and oxygen atoms in total. The highest BCUT2D eigenvalue weighted by atomic mass is 35.5. The summed E-state index contributed by atoms with van der Waals surface area (Å²) in [5.74, 6) is 1.15. The largest absolute Gasteiger partial charge is 0.417 e. The van der Waals surface area contributed by atoms with E-state index >= 15 is 0 Å². The first-order valence-corrected chi connectivity index (χ1v) is 10.5. The van der Waals surface area contributed by atoms with Crippen molar-refractivity contribution in [3.05, 3.63) is 22.8 Å². The van der Waals surface area contributed by atoms with Gasteiger partial charge in [-0.3, -0.25) is 0 Å². The predicted molar refractivity (Wildman–Crippen MR) is 108 cm³/mol. The summed E-state index contributed by atoms with van der Waals surface area (Å²) in [6, 6.07) is 0.773. The lowest BCUT2D eigenvalue weighted by Gasteiger charge is -2.24. The number of hydrogen-bond acceptors (Lipinski definition) is 4. The van der Waals surface area contributed by atoms with Crippen LogP contribution in [0.2, 0.25) is 5.02 Å². The van der Waals surface area contributed by atoms with Crippen LogP contribution in [-0.2, 0) is 6.18 Å². The van der Waals surface area contributed by atoms with E-state index in [1.165, 1.54) is 0 Å². The maximum atomic E-state index is 12.8. The zero-order valence-electron chi connectivity index (χ0n) is 16.3. The number of urea groups is 1. The Bertz CT molecular complexity index is 682. The van der Waals surface area contributed by atoms with Crippen LogP contribution in [0.1, 0.15) is 32.8 Å². The second-order valence-electron chi connectivity index (χ2n) is 7.55. The maximum absolute atomic E-state index is 12.8. The highest BCUT2D eigenvalue weighted by molar-refractivity contribution is 8.00. The highest BCUT2D eigenvalue weighted by Gasteiger charge is 2.32. The molecule has 0 unspecified atom stereocenters. The van der Waals surface area contributed by atoms with Crippen molar-refractivity contribution in [2.24, 2.45) is 0 Å². The van der Waals surface area contributed by atoms with Gasteiger partial charge in [0.2, 0.25) is 0 Å². The number of carbonyl (C=O) groups is 1. The van der Waals surface area contributed by atoms with E-state index in [2.05, 4.69) is 31.1 Å². The second kappa shape index (κ2) is 9.43. The molecule has 0 saturated carbocycles. The standard InChI is InChI=1S/C18H26ClF3N4OS/c1-17(2,3)28-10-5-23-16(27)26-7-4-6-25(8-9-26)15-14(19)11-13(12-24-15)18(20,21)22/h11-12H,4-10H2,1-3H3,(H,23,27). The molecule has 2 heterocycles. The van der Waals surface area contributed by atoms with E-state index in [-0.39, 0.29) is 15.8 Å². The molecule has 28 heavy (non-hydrogen) atoms. The van der Waals surface area contributed by atoms with Gasteiger partial charge in [0.05, 0.1) is 10.6 Å². The predicted octanol–water partition coefficient (Wildman–Crippen LogP) is 4.51. The highest BCUT2D eigenvalue weighted by Crippen LogP contribution is 2.33. The summed E-state index contributed by atoms with van der Waals surface area (Å²) in [6.07, 6.45) is -3.00. The number of thioether (sulfide) groups is 1. The normalized spacial score (nSPS) is 16.1. The van der Waals surface area contributed by atoms with Crippen LogP contribution in [-0.4, -0.2) is 59.1 Å². The average molecular weight is 439 g/mol. The monoisotopic (exact) mass is 438 g/mol. The molecule has 2 rings (SSSR count).